The number of ether oxygens (including phenoxy) is 3. The van der Waals surface area contributed by atoms with Crippen LogP contribution >= 0.6 is 34.8 Å². The highest BCUT2D eigenvalue weighted by molar-refractivity contribution is 6.42. The Morgan fingerprint density at radius 3 is 2.63 bits per heavy atom. The molecule has 0 aromatic heterocycles. The molecule has 0 spiro atoms. The smallest absolute Gasteiger partial charge is 0.128 e. The van der Waals surface area contributed by atoms with Gasteiger partial charge in [-0.15, -0.1) is 11.6 Å². The highest BCUT2D eigenvalue weighted by Crippen LogP contribution is 2.34. The summed E-state index contributed by atoms with van der Waals surface area (Å²) in [4.78, 5) is 0. The van der Waals surface area contributed by atoms with E-state index in [1.807, 2.05) is 0 Å². The molecule has 0 bridgehead atoms. The molecular formula is C13H15Cl3O3. The molecule has 1 fully saturated rings. The van der Waals surface area contributed by atoms with Crippen molar-refractivity contribution in [2.45, 2.75) is 24.0 Å². The van der Waals surface area contributed by atoms with E-state index >= 15 is 0 Å². The fourth-order valence-electron chi connectivity index (χ4n) is 1.85. The van der Waals surface area contributed by atoms with Gasteiger partial charge in [0.15, 0.2) is 0 Å². The normalized spacial score (nSPS) is 26.0. The Morgan fingerprint density at radius 1 is 1.21 bits per heavy atom. The molecule has 0 heterocycles. The summed E-state index contributed by atoms with van der Waals surface area (Å²) in [5.41, 5.74) is 0. The summed E-state index contributed by atoms with van der Waals surface area (Å²) in [6.45, 7) is 1.05. The number of halogens is 3. The molecule has 19 heavy (non-hydrogen) atoms. The maximum atomic E-state index is 6.12. The molecule has 1 aromatic rings. The van der Waals surface area contributed by atoms with Crippen LogP contribution in [-0.4, -0.2) is 37.9 Å². The fourth-order valence-corrected chi connectivity index (χ4v) is 2.55. The summed E-state index contributed by atoms with van der Waals surface area (Å²) >= 11 is 17.9. The predicted octanol–water partition coefficient (Wildman–Crippen LogP) is 3.78. The molecule has 2 rings (SSSR count). The van der Waals surface area contributed by atoms with Crippen molar-refractivity contribution in [3.63, 3.8) is 0 Å². The Labute approximate surface area is 127 Å². The summed E-state index contributed by atoms with van der Waals surface area (Å²) in [5, 5.41) is 0.952. The van der Waals surface area contributed by atoms with Crippen LogP contribution in [0.25, 0.3) is 0 Å². The van der Waals surface area contributed by atoms with Crippen molar-refractivity contribution in [3.05, 3.63) is 28.2 Å². The van der Waals surface area contributed by atoms with E-state index in [0.717, 1.165) is 6.42 Å². The van der Waals surface area contributed by atoms with Crippen LogP contribution in [0.4, 0.5) is 0 Å². The van der Waals surface area contributed by atoms with Crippen LogP contribution in [0.3, 0.4) is 0 Å². The molecule has 3 nitrogen and oxygen atoms in total. The zero-order valence-corrected chi connectivity index (χ0v) is 12.7. The maximum absolute atomic E-state index is 6.12. The first-order valence-corrected chi connectivity index (χ1v) is 7.17. The van der Waals surface area contributed by atoms with Gasteiger partial charge >= 0.3 is 0 Å². The SMILES string of the molecule is COCCOC1C(Cl)CC1Oc1ccc(Cl)c(Cl)c1. The van der Waals surface area contributed by atoms with Crippen LogP contribution in [0.2, 0.25) is 10.0 Å². The molecular weight excluding hydrogens is 310 g/mol. The highest BCUT2D eigenvalue weighted by Gasteiger charge is 2.42. The Morgan fingerprint density at radius 2 is 2.00 bits per heavy atom. The Balaban J connectivity index is 1.89. The minimum Gasteiger partial charge on any atom is -0.488 e. The van der Waals surface area contributed by atoms with Crippen molar-refractivity contribution >= 4 is 34.8 Å². The first kappa shape index (κ1) is 15.2. The second-order valence-corrected chi connectivity index (χ2v) is 5.69. The molecule has 3 unspecified atom stereocenters. The molecule has 0 N–H and O–H groups in total. The summed E-state index contributed by atoms with van der Waals surface area (Å²) in [5.74, 6) is 0.670. The Bertz CT molecular complexity index is 428. The van der Waals surface area contributed by atoms with E-state index in [1.165, 1.54) is 0 Å². The molecule has 0 amide bonds. The van der Waals surface area contributed by atoms with Crippen molar-refractivity contribution in [1.29, 1.82) is 0 Å². The van der Waals surface area contributed by atoms with Crippen LogP contribution in [-0.2, 0) is 9.47 Å². The van der Waals surface area contributed by atoms with Gasteiger partial charge in [0.1, 0.15) is 18.0 Å². The van der Waals surface area contributed by atoms with Gasteiger partial charge in [-0.3, -0.25) is 0 Å². The second-order valence-electron chi connectivity index (χ2n) is 4.31. The first-order chi connectivity index (χ1) is 9.11. The van der Waals surface area contributed by atoms with E-state index in [0.29, 0.717) is 29.0 Å². The second kappa shape index (κ2) is 7.00. The molecule has 0 aliphatic heterocycles. The molecule has 0 radical (unpaired) electrons. The van der Waals surface area contributed by atoms with Gasteiger partial charge < -0.3 is 14.2 Å². The van der Waals surface area contributed by atoms with Crippen LogP contribution in [0.15, 0.2) is 18.2 Å². The lowest BCUT2D eigenvalue weighted by molar-refractivity contribution is -0.0898. The third-order valence-corrected chi connectivity index (χ3v) is 4.12. The fraction of sp³-hybridized carbons (Fsp3) is 0.538. The number of hydrogen-bond donors (Lipinski definition) is 0. The number of rotatable bonds is 6. The third kappa shape index (κ3) is 3.89. The van der Waals surface area contributed by atoms with E-state index in [2.05, 4.69) is 0 Å². The molecule has 6 heteroatoms. The standard InChI is InChI=1S/C13H15Cl3O3/c1-17-4-5-18-13-11(16)7-12(13)19-8-2-3-9(14)10(15)6-8/h2-3,6,11-13H,4-5,7H2,1H3. The highest BCUT2D eigenvalue weighted by atomic mass is 35.5. The molecule has 1 aromatic carbocycles. The maximum Gasteiger partial charge on any atom is 0.128 e. The summed E-state index contributed by atoms with van der Waals surface area (Å²) in [7, 11) is 1.63. The van der Waals surface area contributed by atoms with E-state index in [9.17, 15) is 0 Å². The van der Waals surface area contributed by atoms with Gasteiger partial charge in [0.2, 0.25) is 0 Å². The van der Waals surface area contributed by atoms with E-state index < -0.39 is 0 Å². The lowest BCUT2D eigenvalue weighted by Crippen LogP contribution is -2.53. The largest absolute Gasteiger partial charge is 0.488 e. The van der Waals surface area contributed by atoms with Crippen molar-refractivity contribution < 1.29 is 14.2 Å². The lowest BCUT2D eigenvalue weighted by Gasteiger charge is -2.40. The summed E-state index contributed by atoms with van der Waals surface area (Å²) < 4.78 is 16.4. The predicted molar refractivity (Wildman–Crippen MR) is 76.8 cm³/mol. The van der Waals surface area contributed by atoms with Crippen molar-refractivity contribution in [2.24, 2.45) is 0 Å². The minimum absolute atomic E-state index is 0.0235. The Hall–Kier alpha value is -0.190. The molecule has 0 saturated heterocycles. The number of methoxy groups -OCH3 is 1. The van der Waals surface area contributed by atoms with E-state index in [-0.39, 0.29) is 17.6 Å². The van der Waals surface area contributed by atoms with Crippen LogP contribution in [0.1, 0.15) is 6.42 Å². The average Bonchev–Trinajstić information content (AvgIpc) is 2.38. The van der Waals surface area contributed by atoms with Crippen LogP contribution < -0.4 is 4.74 Å². The van der Waals surface area contributed by atoms with Gasteiger partial charge in [-0.25, -0.2) is 0 Å². The lowest BCUT2D eigenvalue weighted by atomic mass is 9.91. The number of benzene rings is 1. The van der Waals surface area contributed by atoms with Gasteiger partial charge in [0, 0.05) is 19.6 Å². The van der Waals surface area contributed by atoms with E-state index in [4.69, 9.17) is 49.0 Å². The van der Waals surface area contributed by atoms with Crippen molar-refractivity contribution in [2.75, 3.05) is 20.3 Å². The van der Waals surface area contributed by atoms with E-state index in [1.54, 1.807) is 25.3 Å². The zero-order valence-electron chi connectivity index (χ0n) is 10.4. The number of alkyl halides is 1. The first-order valence-electron chi connectivity index (χ1n) is 5.98. The quantitative estimate of drug-likeness (QED) is 0.588. The number of hydrogen-bond acceptors (Lipinski definition) is 3. The third-order valence-electron chi connectivity index (χ3n) is 2.96. The molecule has 106 valence electrons. The van der Waals surface area contributed by atoms with Gasteiger partial charge in [0.05, 0.1) is 28.6 Å². The average molecular weight is 326 g/mol. The topological polar surface area (TPSA) is 27.7 Å². The summed E-state index contributed by atoms with van der Waals surface area (Å²) in [6, 6.07) is 5.18. The van der Waals surface area contributed by atoms with Crippen LogP contribution in [0, 0.1) is 0 Å². The van der Waals surface area contributed by atoms with Gasteiger partial charge in [-0.05, 0) is 12.1 Å². The van der Waals surface area contributed by atoms with Gasteiger partial charge in [-0.2, -0.15) is 0 Å². The Kier molecular flexibility index (Phi) is 5.60. The van der Waals surface area contributed by atoms with Gasteiger partial charge in [0.25, 0.3) is 0 Å². The van der Waals surface area contributed by atoms with Crippen molar-refractivity contribution in [1.82, 2.24) is 0 Å². The van der Waals surface area contributed by atoms with Crippen molar-refractivity contribution in [3.8, 4) is 5.75 Å². The summed E-state index contributed by atoms with van der Waals surface area (Å²) in [6.07, 6.45) is 0.572. The molecule has 3 atom stereocenters. The molecule has 1 saturated carbocycles. The van der Waals surface area contributed by atoms with Crippen LogP contribution in [0.5, 0.6) is 5.75 Å². The monoisotopic (exact) mass is 324 g/mol. The minimum atomic E-state index is -0.119. The molecule has 1 aliphatic rings. The van der Waals surface area contributed by atoms with Gasteiger partial charge in [-0.1, -0.05) is 23.2 Å². The molecule has 1 aliphatic carbocycles. The zero-order chi connectivity index (χ0) is 13.8.